The Hall–Kier alpha value is -3.14. The fourth-order valence-corrected chi connectivity index (χ4v) is 3.58. The highest BCUT2D eigenvalue weighted by atomic mass is 32.2. The van der Waals surface area contributed by atoms with Crippen LogP contribution in [0.2, 0.25) is 0 Å². The Labute approximate surface area is 163 Å². The molecule has 1 N–H and O–H groups in total. The Bertz CT molecular complexity index is 973. The molecule has 0 saturated heterocycles. The van der Waals surface area contributed by atoms with E-state index in [0.717, 1.165) is 6.26 Å². The quantitative estimate of drug-likeness (QED) is 0.531. The van der Waals surface area contributed by atoms with Gasteiger partial charge >= 0.3 is 0 Å². The number of anilines is 2. The zero-order chi connectivity index (χ0) is 20.9. The Morgan fingerprint density at radius 3 is 2.39 bits per heavy atom. The summed E-state index contributed by atoms with van der Waals surface area (Å²) < 4.78 is 30.1. The summed E-state index contributed by atoms with van der Waals surface area (Å²) in [6.07, 6.45) is 1.13. The van der Waals surface area contributed by atoms with E-state index in [2.05, 4.69) is 5.32 Å². The van der Waals surface area contributed by atoms with E-state index < -0.39 is 20.9 Å². The number of nitrogens with zero attached hydrogens (tertiary/aromatic N) is 2. The summed E-state index contributed by atoms with van der Waals surface area (Å²) in [5.74, 6) is -0.0850. The molecule has 0 fully saturated rings. The van der Waals surface area contributed by atoms with Crippen LogP contribution in [-0.4, -0.2) is 38.7 Å². The minimum Gasteiger partial charge on any atom is -0.484 e. The lowest BCUT2D eigenvalue weighted by Gasteiger charge is -2.20. The fraction of sp³-hybridized carbons (Fsp3) is 0.278. The van der Waals surface area contributed by atoms with Crippen molar-refractivity contribution in [3.8, 4) is 5.75 Å². The van der Waals surface area contributed by atoms with Gasteiger partial charge in [-0.2, -0.15) is 0 Å². The number of benzene rings is 2. The molecule has 0 bridgehead atoms. The molecule has 9 nitrogen and oxygen atoms in total. The number of hydrogen-bond acceptors (Lipinski definition) is 6. The molecule has 0 aromatic heterocycles. The van der Waals surface area contributed by atoms with E-state index in [-0.39, 0.29) is 12.3 Å². The van der Waals surface area contributed by atoms with Crippen molar-refractivity contribution in [2.24, 2.45) is 0 Å². The van der Waals surface area contributed by atoms with Gasteiger partial charge in [0.15, 0.2) is 6.61 Å². The molecule has 28 heavy (non-hydrogen) atoms. The summed E-state index contributed by atoms with van der Waals surface area (Å²) in [5, 5.41) is 13.5. The molecule has 10 heteroatoms. The van der Waals surface area contributed by atoms with Gasteiger partial charge < -0.3 is 10.1 Å². The van der Waals surface area contributed by atoms with E-state index in [0.29, 0.717) is 29.2 Å². The van der Waals surface area contributed by atoms with Gasteiger partial charge in [0.1, 0.15) is 5.75 Å². The van der Waals surface area contributed by atoms with Gasteiger partial charge in [0.2, 0.25) is 10.0 Å². The van der Waals surface area contributed by atoms with E-state index in [1.165, 1.54) is 16.4 Å². The summed E-state index contributed by atoms with van der Waals surface area (Å²) >= 11 is 0. The maximum atomic E-state index is 12.1. The van der Waals surface area contributed by atoms with Crippen LogP contribution in [0.4, 0.5) is 17.1 Å². The van der Waals surface area contributed by atoms with Crippen molar-refractivity contribution < 1.29 is 22.9 Å². The zero-order valence-corrected chi connectivity index (χ0v) is 16.5. The Morgan fingerprint density at radius 1 is 1.21 bits per heavy atom. The molecule has 2 aromatic carbocycles. The first-order chi connectivity index (χ1) is 13.1. The fourth-order valence-electron chi connectivity index (χ4n) is 2.61. The monoisotopic (exact) mass is 407 g/mol. The van der Waals surface area contributed by atoms with Crippen LogP contribution < -0.4 is 14.4 Å². The van der Waals surface area contributed by atoms with Crippen molar-refractivity contribution in [3.05, 3.63) is 58.1 Å². The molecule has 0 spiro atoms. The molecule has 0 aliphatic carbocycles. The first kappa shape index (κ1) is 21.2. The van der Waals surface area contributed by atoms with Gasteiger partial charge in [-0.05, 0) is 44.2 Å². The van der Waals surface area contributed by atoms with Crippen molar-refractivity contribution in [1.29, 1.82) is 0 Å². The van der Waals surface area contributed by atoms with Crippen molar-refractivity contribution in [1.82, 2.24) is 0 Å². The van der Waals surface area contributed by atoms with Crippen LogP contribution in [0.5, 0.6) is 5.75 Å². The maximum Gasteiger partial charge on any atom is 0.274 e. The average molecular weight is 407 g/mol. The van der Waals surface area contributed by atoms with Gasteiger partial charge in [0, 0.05) is 12.6 Å². The second kappa shape index (κ2) is 8.70. The lowest BCUT2D eigenvalue weighted by atomic mass is 10.1. The van der Waals surface area contributed by atoms with Crippen molar-refractivity contribution in [2.75, 3.05) is 29.0 Å². The molecule has 0 heterocycles. The Morgan fingerprint density at radius 2 is 1.86 bits per heavy atom. The number of nitro groups is 1. The normalized spacial score (nSPS) is 11.0. The summed E-state index contributed by atoms with van der Waals surface area (Å²) in [7, 11) is -3.37. The maximum absolute atomic E-state index is 12.1. The predicted molar refractivity (Wildman–Crippen MR) is 106 cm³/mol. The predicted octanol–water partition coefficient (Wildman–Crippen LogP) is 2.71. The van der Waals surface area contributed by atoms with Crippen LogP contribution in [0, 0.1) is 17.0 Å². The SMILES string of the molecule is CCN(c1ccc(OCC(=O)Nc2cccc([N+](=O)[O-])c2C)cc1)S(C)(=O)=O. The third kappa shape index (κ3) is 5.19. The molecule has 0 unspecified atom stereocenters. The number of hydrogen-bond donors (Lipinski definition) is 1. The number of amides is 1. The van der Waals surface area contributed by atoms with E-state index >= 15 is 0 Å². The number of carbonyl (C=O) groups is 1. The minimum atomic E-state index is -3.37. The molecule has 0 aliphatic rings. The molecular formula is C18H21N3O6S. The van der Waals surface area contributed by atoms with Crippen LogP contribution in [0.25, 0.3) is 0 Å². The zero-order valence-electron chi connectivity index (χ0n) is 15.7. The van der Waals surface area contributed by atoms with E-state index in [4.69, 9.17) is 4.74 Å². The molecule has 0 aliphatic heterocycles. The van der Waals surface area contributed by atoms with E-state index in [1.54, 1.807) is 44.2 Å². The highest BCUT2D eigenvalue weighted by Crippen LogP contribution is 2.25. The smallest absolute Gasteiger partial charge is 0.274 e. The van der Waals surface area contributed by atoms with Crippen molar-refractivity contribution in [3.63, 3.8) is 0 Å². The van der Waals surface area contributed by atoms with Crippen molar-refractivity contribution >= 4 is 33.0 Å². The number of sulfonamides is 1. The first-order valence-electron chi connectivity index (χ1n) is 8.38. The summed E-state index contributed by atoms with van der Waals surface area (Å²) in [4.78, 5) is 22.5. The molecule has 1 amide bonds. The average Bonchev–Trinajstić information content (AvgIpc) is 2.62. The minimum absolute atomic E-state index is 0.0827. The lowest BCUT2D eigenvalue weighted by Crippen LogP contribution is -2.29. The molecular weight excluding hydrogens is 386 g/mol. The highest BCUT2D eigenvalue weighted by molar-refractivity contribution is 7.92. The van der Waals surface area contributed by atoms with Gasteiger partial charge in [-0.1, -0.05) is 6.07 Å². The Balaban J connectivity index is 2.00. The molecule has 2 aromatic rings. The van der Waals surface area contributed by atoms with Gasteiger partial charge in [0.05, 0.1) is 28.1 Å². The second-order valence-electron chi connectivity index (χ2n) is 5.97. The molecule has 150 valence electrons. The van der Waals surface area contributed by atoms with Crippen LogP contribution in [0.1, 0.15) is 12.5 Å². The van der Waals surface area contributed by atoms with Crippen LogP contribution in [0.3, 0.4) is 0 Å². The van der Waals surface area contributed by atoms with E-state index in [1.807, 2.05) is 0 Å². The number of nitro benzene ring substituents is 1. The summed E-state index contributed by atoms with van der Waals surface area (Å²) in [6, 6.07) is 10.7. The van der Waals surface area contributed by atoms with Gasteiger partial charge in [-0.25, -0.2) is 8.42 Å². The third-order valence-electron chi connectivity index (χ3n) is 3.96. The standard InChI is InChI=1S/C18H21N3O6S/c1-4-20(28(3,25)26)14-8-10-15(11-9-14)27-12-18(22)19-16-6-5-7-17(13(16)2)21(23)24/h5-11H,4,12H2,1-3H3,(H,19,22). The van der Waals surface area contributed by atoms with E-state index in [9.17, 15) is 23.3 Å². The van der Waals surface area contributed by atoms with Crippen LogP contribution >= 0.6 is 0 Å². The largest absolute Gasteiger partial charge is 0.484 e. The van der Waals surface area contributed by atoms with Gasteiger partial charge in [-0.15, -0.1) is 0 Å². The van der Waals surface area contributed by atoms with Crippen molar-refractivity contribution in [2.45, 2.75) is 13.8 Å². The molecule has 2 rings (SSSR count). The molecule has 0 saturated carbocycles. The van der Waals surface area contributed by atoms with Gasteiger partial charge in [0.25, 0.3) is 11.6 Å². The van der Waals surface area contributed by atoms with Crippen LogP contribution in [-0.2, 0) is 14.8 Å². The second-order valence-corrected chi connectivity index (χ2v) is 7.87. The third-order valence-corrected chi connectivity index (χ3v) is 5.23. The number of nitrogens with one attached hydrogen (secondary N) is 1. The summed E-state index contributed by atoms with van der Waals surface area (Å²) in [5.41, 5.74) is 1.10. The lowest BCUT2D eigenvalue weighted by molar-refractivity contribution is -0.385. The highest BCUT2D eigenvalue weighted by Gasteiger charge is 2.16. The van der Waals surface area contributed by atoms with Gasteiger partial charge in [-0.3, -0.25) is 19.2 Å². The van der Waals surface area contributed by atoms with Crippen LogP contribution in [0.15, 0.2) is 42.5 Å². The topological polar surface area (TPSA) is 119 Å². The first-order valence-corrected chi connectivity index (χ1v) is 10.2. The number of rotatable bonds is 8. The number of ether oxygens (including phenoxy) is 1. The molecule has 0 atom stereocenters. The summed E-state index contributed by atoms with van der Waals surface area (Å²) in [6.45, 7) is 3.27. The number of carbonyl (C=O) groups excluding carboxylic acids is 1. The molecule has 0 radical (unpaired) electrons. The Kier molecular flexibility index (Phi) is 6.57.